The van der Waals surface area contributed by atoms with E-state index in [0.717, 1.165) is 25.9 Å². The van der Waals surface area contributed by atoms with Gasteiger partial charge in [-0.15, -0.1) is 0 Å². The second kappa shape index (κ2) is 6.68. The van der Waals surface area contributed by atoms with Gasteiger partial charge in [0.2, 0.25) is 0 Å². The summed E-state index contributed by atoms with van der Waals surface area (Å²) in [6.07, 6.45) is 3.48. The van der Waals surface area contributed by atoms with Gasteiger partial charge >= 0.3 is 0 Å². The van der Waals surface area contributed by atoms with Gasteiger partial charge in [0.05, 0.1) is 11.1 Å². The maximum absolute atomic E-state index is 12.7. The van der Waals surface area contributed by atoms with Crippen LogP contribution in [0.3, 0.4) is 0 Å². The molecule has 116 valence electrons. The SMILES string of the molecule is CC(C(=O)c1ccc(Cl)cc1Cl)N1CCCC(C)(C)CC1. The molecule has 1 atom stereocenters. The number of Topliss-reactive ketones (excluding diaryl/α,β-unsaturated/α-hetero) is 1. The van der Waals surface area contributed by atoms with Crippen molar-refractivity contribution in [1.82, 2.24) is 4.90 Å². The average Bonchev–Trinajstić information content (AvgIpc) is 2.58. The predicted octanol–water partition coefficient (Wildman–Crippen LogP) is 5.08. The second-order valence-corrected chi connectivity index (χ2v) is 7.56. The lowest BCUT2D eigenvalue weighted by atomic mass is 9.85. The summed E-state index contributed by atoms with van der Waals surface area (Å²) in [7, 11) is 0. The lowest BCUT2D eigenvalue weighted by Gasteiger charge is -2.28. The zero-order valence-corrected chi connectivity index (χ0v) is 14.5. The van der Waals surface area contributed by atoms with Crippen molar-refractivity contribution in [3.05, 3.63) is 33.8 Å². The quantitative estimate of drug-likeness (QED) is 0.722. The standard InChI is InChI=1S/C17H23Cl2NO/c1-12(20-9-4-7-17(2,3)8-10-20)16(21)14-6-5-13(18)11-15(14)19/h5-6,11-12H,4,7-10H2,1-3H3. The van der Waals surface area contributed by atoms with Crippen molar-refractivity contribution in [2.75, 3.05) is 13.1 Å². The Kier molecular flexibility index (Phi) is 5.34. The number of likely N-dealkylation sites (tertiary alicyclic amines) is 1. The molecule has 0 saturated carbocycles. The summed E-state index contributed by atoms with van der Waals surface area (Å²) in [5, 5.41) is 0.996. The fourth-order valence-corrected chi connectivity index (χ4v) is 3.41. The van der Waals surface area contributed by atoms with Gasteiger partial charge in [-0.1, -0.05) is 37.0 Å². The molecular formula is C17H23Cl2NO. The molecular weight excluding hydrogens is 305 g/mol. The van der Waals surface area contributed by atoms with Crippen molar-refractivity contribution in [2.24, 2.45) is 5.41 Å². The number of ketones is 1. The van der Waals surface area contributed by atoms with Crippen LogP contribution in [0.5, 0.6) is 0 Å². The average molecular weight is 328 g/mol. The van der Waals surface area contributed by atoms with Crippen LogP contribution in [0.15, 0.2) is 18.2 Å². The third-order valence-corrected chi connectivity index (χ3v) is 5.05. The first-order valence-electron chi connectivity index (χ1n) is 7.53. The highest BCUT2D eigenvalue weighted by Gasteiger charge is 2.29. The highest BCUT2D eigenvalue weighted by atomic mass is 35.5. The van der Waals surface area contributed by atoms with E-state index in [-0.39, 0.29) is 11.8 Å². The summed E-state index contributed by atoms with van der Waals surface area (Å²) >= 11 is 12.1. The largest absolute Gasteiger partial charge is 0.293 e. The first-order chi connectivity index (χ1) is 9.80. The van der Waals surface area contributed by atoms with Crippen molar-refractivity contribution in [2.45, 2.75) is 46.1 Å². The minimum atomic E-state index is -0.141. The van der Waals surface area contributed by atoms with Gasteiger partial charge in [0.25, 0.3) is 0 Å². The van der Waals surface area contributed by atoms with Crippen LogP contribution in [0.4, 0.5) is 0 Å². The van der Waals surface area contributed by atoms with E-state index in [0.29, 0.717) is 21.0 Å². The zero-order chi connectivity index (χ0) is 15.6. The topological polar surface area (TPSA) is 20.3 Å². The molecule has 0 radical (unpaired) electrons. The maximum Gasteiger partial charge on any atom is 0.181 e. The molecule has 1 aromatic carbocycles. The third-order valence-electron chi connectivity index (χ3n) is 4.50. The van der Waals surface area contributed by atoms with E-state index < -0.39 is 0 Å². The predicted molar refractivity (Wildman–Crippen MR) is 89.5 cm³/mol. The van der Waals surface area contributed by atoms with E-state index in [1.165, 1.54) is 6.42 Å². The van der Waals surface area contributed by atoms with Crippen LogP contribution in [0.25, 0.3) is 0 Å². The Morgan fingerprint density at radius 1 is 1.24 bits per heavy atom. The van der Waals surface area contributed by atoms with Gasteiger partial charge in [-0.25, -0.2) is 0 Å². The van der Waals surface area contributed by atoms with Gasteiger partial charge < -0.3 is 0 Å². The number of benzene rings is 1. The fourth-order valence-electron chi connectivity index (χ4n) is 2.91. The minimum Gasteiger partial charge on any atom is -0.293 e. The summed E-state index contributed by atoms with van der Waals surface area (Å²) in [5.41, 5.74) is 0.937. The van der Waals surface area contributed by atoms with Crippen LogP contribution in [0, 0.1) is 5.41 Å². The number of hydrogen-bond donors (Lipinski definition) is 0. The molecule has 4 heteroatoms. The number of carbonyl (C=O) groups is 1. The summed E-state index contributed by atoms with van der Waals surface area (Å²) in [6, 6.07) is 4.94. The summed E-state index contributed by atoms with van der Waals surface area (Å²) in [4.78, 5) is 15.0. The highest BCUT2D eigenvalue weighted by molar-refractivity contribution is 6.37. The highest BCUT2D eigenvalue weighted by Crippen LogP contribution is 2.31. The molecule has 1 aromatic rings. The van der Waals surface area contributed by atoms with Gasteiger partial charge in [0, 0.05) is 10.6 Å². The first-order valence-corrected chi connectivity index (χ1v) is 8.29. The maximum atomic E-state index is 12.7. The smallest absolute Gasteiger partial charge is 0.181 e. The second-order valence-electron chi connectivity index (χ2n) is 6.72. The van der Waals surface area contributed by atoms with Gasteiger partial charge in [-0.3, -0.25) is 9.69 Å². The molecule has 1 unspecified atom stereocenters. The molecule has 0 N–H and O–H groups in total. The molecule has 0 spiro atoms. The Hall–Kier alpha value is -0.570. The molecule has 1 fully saturated rings. The van der Waals surface area contributed by atoms with Crippen LogP contribution in [-0.4, -0.2) is 29.8 Å². The minimum absolute atomic E-state index is 0.0800. The van der Waals surface area contributed by atoms with E-state index in [4.69, 9.17) is 23.2 Å². The molecule has 0 aromatic heterocycles. The number of hydrogen-bond acceptors (Lipinski definition) is 2. The fraction of sp³-hybridized carbons (Fsp3) is 0.588. The van der Waals surface area contributed by atoms with E-state index in [2.05, 4.69) is 18.7 Å². The lowest BCUT2D eigenvalue weighted by Crippen LogP contribution is -2.40. The van der Waals surface area contributed by atoms with E-state index in [1.807, 2.05) is 6.92 Å². The molecule has 2 rings (SSSR count). The molecule has 1 heterocycles. The number of carbonyl (C=O) groups excluding carboxylic acids is 1. The van der Waals surface area contributed by atoms with Crippen LogP contribution in [-0.2, 0) is 0 Å². The normalized spacial score (nSPS) is 20.8. The van der Waals surface area contributed by atoms with E-state index in [9.17, 15) is 4.79 Å². The Bertz CT molecular complexity index is 528. The Labute approximate surface area is 137 Å². The van der Waals surface area contributed by atoms with Crippen molar-refractivity contribution in [1.29, 1.82) is 0 Å². The van der Waals surface area contributed by atoms with Crippen molar-refractivity contribution in [3.8, 4) is 0 Å². The molecule has 1 saturated heterocycles. The summed E-state index contributed by atoms with van der Waals surface area (Å²) in [6.45, 7) is 8.52. The Morgan fingerprint density at radius 2 is 1.95 bits per heavy atom. The number of nitrogens with zero attached hydrogens (tertiary/aromatic N) is 1. The Morgan fingerprint density at radius 3 is 2.62 bits per heavy atom. The third kappa shape index (κ3) is 4.21. The molecule has 0 amide bonds. The van der Waals surface area contributed by atoms with Crippen molar-refractivity contribution >= 4 is 29.0 Å². The summed E-state index contributed by atoms with van der Waals surface area (Å²) < 4.78 is 0. The van der Waals surface area contributed by atoms with Gasteiger partial charge in [-0.05, 0) is 62.9 Å². The number of halogens is 2. The lowest BCUT2D eigenvalue weighted by molar-refractivity contribution is 0.0838. The van der Waals surface area contributed by atoms with Crippen LogP contribution >= 0.6 is 23.2 Å². The monoisotopic (exact) mass is 327 g/mol. The molecule has 0 aliphatic carbocycles. The Balaban J connectivity index is 2.12. The van der Waals surface area contributed by atoms with Crippen molar-refractivity contribution < 1.29 is 4.79 Å². The molecule has 2 nitrogen and oxygen atoms in total. The van der Waals surface area contributed by atoms with Gasteiger partial charge in [0.15, 0.2) is 5.78 Å². The van der Waals surface area contributed by atoms with Crippen LogP contribution in [0.1, 0.15) is 50.4 Å². The van der Waals surface area contributed by atoms with E-state index in [1.54, 1.807) is 18.2 Å². The summed E-state index contributed by atoms with van der Waals surface area (Å²) in [5.74, 6) is 0.0800. The van der Waals surface area contributed by atoms with Crippen molar-refractivity contribution in [3.63, 3.8) is 0 Å². The van der Waals surface area contributed by atoms with Crippen LogP contribution < -0.4 is 0 Å². The number of rotatable bonds is 3. The van der Waals surface area contributed by atoms with E-state index >= 15 is 0 Å². The molecule has 21 heavy (non-hydrogen) atoms. The zero-order valence-electron chi connectivity index (χ0n) is 13.0. The van der Waals surface area contributed by atoms with Crippen LogP contribution in [0.2, 0.25) is 10.0 Å². The van der Waals surface area contributed by atoms with Gasteiger partial charge in [-0.2, -0.15) is 0 Å². The van der Waals surface area contributed by atoms with Gasteiger partial charge in [0.1, 0.15) is 0 Å². The molecule has 1 aliphatic rings. The molecule has 1 aliphatic heterocycles. The molecule has 0 bridgehead atoms. The first kappa shape index (κ1) is 16.8.